The molecule has 4 heteroatoms. The van der Waals surface area contributed by atoms with Gasteiger partial charge in [0.15, 0.2) is 0 Å². The average Bonchev–Trinajstić information content (AvgIpc) is 2.78. The number of nitrogens with one attached hydrogen (secondary N) is 1. The number of hydrogen-bond donors (Lipinski definition) is 1. The smallest absolute Gasteiger partial charge is 0.110 e. The van der Waals surface area contributed by atoms with Crippen LogP contribution in [-0.2, 0) is 11.2 Å². The van der Waals surface area contributed by atoms with Gasteiger partial charge in [0.1, 0.15) is 5.01 Å². The molecule has 1 aromatic rings. The molecule has 2 heterocycles. The lowest BCUT2D eigenvalue weighted by atomic mass is 9.92. The Bertz CT molecular complexity index is 372. The predicted molar refractivity (Wildman–Crippen MR) is 76.2 cm³/mol. The molecule has 1 unspecified atom stereocenters. The van der Waals surface area contributed by atoms with E-state index in [1.807, 2.05) is 11.3 Å². The number of aromatic nitrogens is 1. The molecule has 1 saturated heterocycles. The van der Waals surface area contributed by atoms with Crippen LogP contribution >= 0.6 is 11.3 Å². The monoisotopic (exact) mass is 268 g/mol. The summed E-state index contributed by atoms with van der Waals surface area (Å²) in [4.78, 5) is 6.21. The number of aryl methyl sites for hydroxylation is 2. The minimum atomic E-state index is 0.419. The first-order valence-electron chi connectivity index (χ1n) is 7.03. The van der Waals surface area contributed by atoms with Crippen molar-refractivity contribution in [2.45, 2.75) is 46.1 Å². The van der Waals surface area contributed by atoms with Gasteiger partial charge in [0, 0.05) is 18.1 Å². The topological polar surface area (TPSA) is 34.2 Å². The molecule has 0 aliphatic carbocycles. The lowest BCUT2D eigenvalue weighted by Gasteiger charge is -2.29. The minimum Gasteiger partial charge on any atom is -0.381 e. The van der Waals surface area contributed by atoms with Crippen LogP contribution in [0.1, 0.15) is 48.3 Å². The first-order chi connectivity index (χ1) is 8.76. The number of rotatable bonds is 5. The van der Waals surface area contributed by atoms with Crippen LogP contribution in [0.25, 0.3) is 0 Å². The molecule has 1 aliphatic heterocycles. The predicted octanol–water partition coefficient (Wildman–Crippen LogP) is 3.09. The molecule has 1 aromatic heterocycles. The third-order valence-electron chi connectivity index (χ3n) is 3.67. The summed E-state index contributed by atoms with van der Waals surface area (Å²) in [5.41, 5.74) is 1.27. The van der Waals surface area contributed by atoms with E-state index in [2.05, 4.69) is 26.1 Å². The first kappa shape index (κ1) is 14.0. The lowest BCUT2D eigenvalue weighted by molar-refractivity contribution is 0.0538. The van der Waals surface area contributed by atoms with Gasteiger partial charge >= 0.3 is 0 Å². The van der Waals surface area contributed by atoms with Gasteiger partial charge in [-0.05, 0) is 38.6 Å². The first-order valence-corrected chi connectivity index (χ1v) is 7.85. The zero-order valence-corrected chi connectivity index (χ0v) is 12.5. The van der Waals surface area contributed by atoms with Crippen molar-refractivity contribution in [3.63, 3.8) is 0 Å². The highest BCUT2D eigenvalue weighted by Gasteiger charge is 2.27. The zero-order valence-electron chi connectivity index (χ0n) is 11.7. The Morgan fingerprint density at radius 2 is 2.11 bits per heavy atom. The highest BCUT2D eigenvalue weighted by molar-refractivity contribution is 7.11. The standard InChI is InChI=1S/C14H24N2OS/c1-4-12-10(3)18-14(16-12)13(15-5-2)11-6-8-17-9-7-11/h11,13,15H,4-9H2,1-3H3. The van der Waals surface area contributed by atoms with Crippen molar-refractivity contribution in [3.8, 4) is 0 Å². The molecule has 0 aromatic carbocycles. The van der Waals surface area contributed by atoms with Crippen molar-refractivity contribution in [1.29, 1.82) is 0 Å². The molecular formula is C14H24N2OS. The summed E-state index contributed by atoms with van der Waals surface area (Å²) >= 11 is 1.87. The van der Waals surface area contributed by atoms with Gasteiger partial charge in [-0.1, -0.05) is 13.8 Å². The average molecular weight is 268 g/mol. The van der Waals surface area contributed by atoms with E-state index in [4.69, 9.17) is 9.72 Å². The molecule has 102 valence electrons. The maximum atomic E-state index is 5.47. The van der Waals surface area contributed by atoms with Crippen LogP contribution in [0.2, 0.25) is 0 Å². The van der Waals surface area contributed by atoms with Crippen LogP contribution in [0.3, 0.4) is 0 Å². The third-order valence-corrected chi connectivity index (χ3v) is 4.77. The largest absolute Gasteiger partial charge is 0.381 e. The molecule has 0 radical (unpaired) electrons. The van der Waals surface area contributed by atoms with Crippen LogP contribution in [0.15, 0.2) is 0 Å². The van der Waals surface area contributed by atoms with Gasteiger partial charge in [0.2, 0.25) is 0 Å². The summed E-state index contributed by atoms with van der Waals surface area (Å²) in [5.74, 6) is 0.675. The fraction of sp³-hybridized carbons (Fsp3) is 0.786. The van der Waals surface area contributed by atoms with Gasteiger partial charge in [-0.3, -0.25) is 0 Å². The molecule has 3 nitrogen and oxygen atoms in total. The SMILES string of the molecule is CCNC(c1nc(CC)c(C)s1)C1CCOCC1. The van der Waals surface area contributed by atoms with Gasteiger partial charge in [-0.15, -0.1) is 11.3 Å². The number of ether oxygens (including phenoxy) is 1. The van der Waals surface area contributed by atoms with E-state index in [1.165, 1.54) is 15.6 Å². The van der Waals surface area contributed by atoms with Gasteiger partial charge < -0.3 is 10.1 Å². The van der Waals surface area contributed by atoms with Crippen molar-refractivity contribution in [3.05, 3.63) is 15.6 Å². The maximum Gasteiger partial charge on any atom is 0.110 e. The molecule has 18 heavy (non-hydrogen) atoms. The molecule has 1 fully saturated rings. The second-order valence-electron chi connectivity index (χ2n) is 4.89. The Morgan fingerprint density at radius 1 is 1.39 bits per heavy atom. The summed E-state index contributed by atoms with van der Waals surface area (Å²) in [7, 11) is 0. The van der Waals surface area contributed by atoms with Crippen LogP contribution < -0.4 is 5.32 Å². The second kappa shape index (κ2) is 6.64. The third kappa shape index (κ3) is 3.11. The van der Waals surface area contributed by atoms with E-state index in [0.717, 1.165) is 39.0 Å². The highest BCUT2D eigenvalue weighted by Crippen LogP contribution is 2.33. The normalized spacial score (nSPS) is 19.1. The minimum absolute atomic E-state index is 0.419. The summed E-state index contributed by atoms with van der Waals surface area (Å²) in [6.45, 7) is 9.35. The molecular weight excluding hydrogens is 244 g/mol. The van der Waals surface area contributed by atoms with Crippen LogP contribution in [-0.4, -0.2) is 24.7 Å². The van der Waals surface area contributed by atoms with E-state index in [1.54, 1.807) is 0 Å². The summed E-state index contributed by atoms with van der Waals surface area (Å²) in [6.07, 6.45) is 3.34. The van der Waals surface area contributed by atoms with Crippen molar-refractivity contribution < 1.29 is 4.74 Å². The van der Waals surface area contributed by atoms with Crippen LogP contribution in [0.4, 0.5) is 0 Å². The van der Waals surface area contributed by atoms with Crippen molar-refractivity contribution in [2.75, 3.05) is 19.8 Å². The molecule has 1 aliphatic rings. The van der Waals surface area contributed by atoms with Crippen molar-refractivity contribution in [2.24, 2.45) is 5.92 Å². The van der Waals surface area contributed by atoms with E-state index >= 15 is 0 Å². The summed E-state index contributed by atoms with van der Waals surface area (Å²) < 4.78 is 5.47. The van der Waals surface area contributed by atoms with Crippen molar-refractivity contribution in [1.82, 2.24) is 10.3 Å². The highest BCUT2D eigenvalue weighted by atomic mass is 32.1. The zero-order chi connectivity index (χ0) is 13.0. The second-order valence-corrected chi connectivity index (χ2v) is 6.13. The Balaban J connectivity index is 2.16. The Hall–Kier alpha value is -0.450. The quantitative estimate of drug-likeness (QED) is 0.891. The van der Waals surface area contributed by atoms with Crippen molar-refractivity contribution >= 4 is 11.3 Å². The van der Waals surface area contributed by atoms with Crippen LogP contribution in [0.5, 0.6) is 0 Å². The Kier molecular flexibility index (Phi) is 5.15. The molecule has 0 saturated carbocycles. The summed E-state index contributed by atoms with van der Waals surface area (Å²) in [6, 6.07) is 0.419. The fourth-order valence-corrected chi connectivity index (χ4v) is 3.82. The summed E-state index contributed by atoms with van der Waals surface area (Å²) in [5, 5.41) is 4.90. The molecule has 0 bridgehead atoms. The molecule has 1 N–H and O–H groups in total. The van der Waals surface area contributed by atoms with E-state index < -0.39 is 0 Å². The van der Waals surface area contributed by atoms with Gasteiger partial charge in [0.05, 0.1) is 11.7 Å². The molecule has 1 atom stereocenters. The van der Waals surface area contributed by atoms with E-state index in [-0.39, 0.29) is 0 Å². The number of hydrogen-bond acceptors (Lipinski definition) is 4. The Morgan fingerprint density at radius 3 is 2.67 bits per heavy atom. The Labute approximate surface area is 114 Å². The number of nitrogens with zero attached hydrogens (tertiary/aromatic N) is 1. The fourth-order valence-electron chi connectivity index (χ4n) is 2.64. The van der Waals surface area contributed by atoms with Gasteiger partial charge in [0.25, 0.3) is 0 Å². The maximum absolute atomic E-state index is 5.47. The van der Waals surface area contributed by atoms with Crippen LogP contribution in [0, 0.1) is 12.8 Å². The van der Waals surface area contributed by atoms with Gasteiger partial charge in [-0.25, -0.2) is 4.98 Å². The molecule has 0 spiro atoms. The lowest BCUT2D eigenvalue weighted by Crippen LogP contribution is -2.32. The van der Waals surface area contributed by atoms with E-state index in [9.17, 15) is 0 Å². The molecule has 2 rings (SSSR count). The van der Waals surface area contributed by atoms with Gasteiger partial charge in [-0.2, -0.15) is 0 Å². The number of thiazole rings is 1. The van der Waals surface area contributed by atoms with E-state index in [0.29, 0.717) is 12.0 Å². The molecule has 0 amide bonds.